The second-order valence-electron chi connectivity index (χ2n) is 9.48. The average Bonchev–Trinajstić information content (AvgIpc) is 3.32. The lowest BCUT2D eigenvalue weighted by Crippen LogP contribution is -2.43. The van der Waals surface area contributed by atoms with Crippen LogP contribution in [0, 0.1) is 0 Å². The van der Waals surface area contributed by atoms with Crippen LogP contribution in [0.2, 0.25) is 0 Å². The van der Waals surface area contributed by atoms with Crippen molar-refractivity contribution in [2.75, 3.05) is 6.61 Å². The predicted octanol–water partition coefficient (Wildman–Crippen LogP) is 7.15. The molecule has 0 N–H and O–H groups in total. The van der Waals surface area contributed by atoms with E-state index in [1.165, 1.54) is 34.4 Å². The largest absolute Gasteiger partial charge is 0.573 e. The molecule has 1 saturated heterocycles. The van der Waals surface area contributed by atoms with Gasteiger partial charge in [-0.3, -0.25) is 4.90 Å². The first kappa shape index (κ1) is 22.7. The summed E-state index contributed by atoms with van der Waals surface area (Å²) in [5.41, 5.74) is 6.59. The molecule has 3 aromatic rings. The molecule has 2 heterocycles. The Balaban J connectivity index is 1.15. The molecule has 1 fully saturated rings. The molecule has 2 aliphatic heterocycles. The van der Waals surface area contributed by atoms with Crippen molar-refractivity contribution in [2.45, 2.75) is 43.6 Å². The van der Waals surface area contributed by atoms with Gasteiger partial charge in [0.2, 0.25) is 0 Å². The monoisotopic (exact) mass is 491 g/mol. The van der Waals surface area contributed by atoms with Gasteiger partial charge < -0.3 is 9.47 Å². The summed E-state index contributed by atoms with van der Waals surface area (Å²) in [7, 11) is 0. The van der Waals surface area contributed by atoms with Crippen molar-refractivity contribution in [3.63, 3.8) is 0 Å². The maximum Gasteiger partial charge on any atom is 0.573 e. The zero-order valence-electron chi connectivity index (χ0n) is 19.4. The molecule has 0 spiro atoms. The van der Waals surface area contributed by atoms with Crippen LogP contribution in [0.1, 0.15) is 41.9 Å². The van der Waals surface area contributed by atoms with Gasteiger partial charge in [-0.2, -0.15) is 0 Å². The fourth-order valence-electron chi connectivity index (χ4n) is 5.87. The van der Waals surface area contributed by atoms with Crippen molar-refractivity contribution < 1.29 is 27.4 Å². The second kappa shape index (κ2) is 8.73. The van der Waals surface area contributed by atoms with Gasteiger partial charge in [0.25, 0.3) is 0 Å². The molecule has 0 radical (unpaired) electrons. The normalized spacial score (nSPS) is 20.5. The smallest absolute Gasteiger partial charge is 0.448 e. The summed E-state index contributed by atoms with van der Waals surface area (Å²) in [5, 5.41) is 0. The zero-order valence-corrected chi connectivity index (χ0v) is 19.4. The van der Waals surface area contributed by atoms with Crippen molar-refractivity contribution in [3.05, 3.63) is 95.6 Å². The molecule has 184 valence electrons. The Hall–Kier alpha value is -3.74. The minimum Gasteiger partial charge on any atom is -0.448 e. The number of halogens is 3. The van der Waals surface area contributed by atoms with Crippen LogP contribution in [0.3, 0.4) is 0 Å². The number of fused-ring (bicyclic) bond motifs is 5. The fourth-order valence-corrected chi connectivity index (χ4v) is 5.87. The minimum absolute atomic E-state index is 0.00679. The standard InChI is InChI=1S/C29H24F3NO3/c30-29(31,32)36-22-13-9-18(10-14-22)19-15-20-11-12-21(16-19)33(20)28(34)35-17-27-25-7-3-1-5-23(25)24-6-2-4-8-26(24)27/h1-10,13-15,20-21,27H,11-12,16-17H2. The molecular formula is C29H24F3NO3. The van der Waals surface area contributed by atoms with Gasteiger partial charge >= 0.3 is 12.5 Å². The lowest BCUT2D eigenvalue weighted by atomic mass is 9.95. The minimum atomic E-state index is -4.71. The first-order valence-electron chi connectivity index (χ1n) is 12.1. The molecule has 6 rings (SSSR count). The highest BCUT2D eigenvalue weighted by Gasteiger charge is 2.41. The molecule has 2 bridgehead atoms. The van der Waals surface area contributed by atoms with E-state index in [-0.39, 0.29) is 36.5 Å². The Morgan fingerprint density at radius 1 is 0.889 bits per heavy atom. The summed E-state index contributed by atoms with van der Waals surface area (Å²) >= 11 is 0. The Bertz CT molecular complexity index is 1290. The molecule has 1 aliphatic carbocycles. The molecule has 1 amide bonds. The van der Waals surface area contributed by atoms with Gasteiger partial charge in [-0.05, 0) is 64.8 Å². The Morgan fingerprint density at radius 2 is 1.53 bits per heavy atom. The summed E-state index contributed by atoms with van der Waals surface area (Å²) in [5.74, 6) is -0.238. The van der Waals surface area contributed by atoms with Crippen LogP contribution < -0.4 is 4.74 Å². The molecule has 0 saturated carbocycles. The third-order valence-corrected chi connectivity index (χ3v) is 7.40. The van der Waals surface area contributed by atoms with Crippen LogP contribution in [0.4, 0.5) is 18.0 Å². The average molecular weight is 492 g/mol. The van der Waals surface area contributed by atoms with Gasteiger partial charge in [-0.1, -0.05) is 66.7 Å². The lowest BCUT2D eigenvalue weighted by Gasteiger charge is -2.33. The predicted molar refractivity (Wildman–Crippen MR) is 129 cm³/mol. The molecule has 2 unspecified atom stereocenters. The van der Waals surface area contributed by atoms with Crippen LogP contribution in [0.5, 0.6) is 5.75 Å². The number of ether oxygens (including phenoxy) is 2. The third kappa shape index (κ3) is 4.12. The van der Waals surface area contributed by atoms with Crippen molar-refractivity contribution >= 4 is 11.7 Å². The summed E-state index contributed by atoms with van der Waals surface area (Å²) in [6.07, 6.45) is -0.634. The molecule has 7 heteroatoms. The van der Waals surface area contributed by atoms with E-state index in [1.807, 2.05) is 35.2 Å². The van der Waals surface area contributed by atoms with E-state index < -0.39 is 6.36 Å². The van der Waals surface area contributed by atoms with Gasteiger partial charge in [0.05, 0.1) is 6.04 Å². The Labute approximate surface area is 206 Å². The molecule has 36 heavy (non-hydrogen) atoms. The highest BCUT2D eigenvalue weighted by molar-refractivity contribution is 5.79. The van der Waals surface area contributed by atoms with Crippen LogP contribution in [-0.4, -0.2) is 36.0 Å². The van der Waals surface area contributed by atoms with E-state index in [0.29, 0.717) is 6.42 Å². The number of rotatable bonds is 4. The topological polar surface area (TPSA) is 38.8 Å². The second-order valence-corrected chi connectivity index (χ2v) is 9.48. The number of nitrogens with zero attached hydrogens (tertiary/aromatic N) is 1. The van der Waals surface area contributed by atoms with Crippen molar-refractivity contribution in [1.82, 2.24) is 4.90 Å². The van der Waals surface area contributed by atoms with Crippen LogP contribution in [-0.2, 0) is 4.74 Å². The first-order chi connectivity index (χ1) is 17.4. The molecule has 3 aromatic carbocycles. The molecule has 0 aromatic heterocycles. The van der Waals surface area contributed by atoms with E-state index >= 15 is 0 Å². The maximum absolute atomic E-state index is 13.2. The fraction of sp³-hybridized carbons (Fsp3) is 0.276. The molecular weight excluding hydrogens is 467 g/mol. The Kier molecular flexibility index (Phi) is 5.51. The number of carbonyl (C=O) groups is 1. The van der Waals surface area contributed by atoms with Gasteiger partial charge in [-0.15, -0.1) is 13.2 Å². The number of alkyl halides is 3. The number of benzene rings is 3. The van der Waals surface area contributed by atoms with Gasteiger partial charge in [0.1, 0.15) is 12.4 Å². The molecule has 3 aliphatic rings. The quantitative estimate of drug-likeness (QED) is 0.389. The van der Waals surface area contributed by atoms with E-state index in [0.717, 1.165) is 24.0 Å². The number of carbonyl (C=O) groups excluding carboxylic acids is 1. The number of hydrogen-bond donors (Lipinski definition) is 0. The van der Waals surface area contributed by atoms with Crippen LogP contribution in [0.25, 0.3) is 16.7 Å². The summed E-state index contributed by atoms with van der Waals surface area (Å²) in [6.45, 7) is 0.278. The first-order valence-corrected chi connectivity index (χ1v) is 12.1. The SMILES string of the molecule is O=C(OCC1c2ccccc2-c2ccccc21)N1C2C=C(c3ccc(OC(F)(F)F)cc3)CC1CC2. The zero-order chi connectivity index (χ0) is 24.9. The summed E-state index contributed by atoms with van der Waals surface area (Å²) < 4.78 is 47.2. The van der Waals surface area contributed by atoms with Crippen LogP contribution in [0.15, 0.2) is 78.9 Å². The van der Waals surface area contributed by atoms with Crippen molar-refractivity contribution in [2.24, 2.45) is 0 Å². The summed E-state index contributed by atoms with van der Waals surface area (Å²) in [6, 6.07) is 22.3. The lowest BCUT2D eigenvalue weighted by molar-refractivity contribution is -0.274. The Morgan fingerprint density at radius 3 is 2.14 bits per heavy atom. The van der Waals surface area contributed by atoms with Gasteiger partial charge in [0.15, 0.2) is 0 Å². The number of hydrogen-bond acceptors (Lipinski definition) is 3. The highest BCUT2D eigenvalue weighted by Crippen LogP contribution is 2.45. The van der Waals surface area contributed by atoms with Crippen molar-refractivity contribution in [3.8, 4) is 16.9 Å². The van der Waals surface area contributed by atoms with E-state index in [4.69, 9.17) is 4.74 Å². The van der Waals surface area contributed by atoms with Gasteiger partial charge in [-0.25, -0.2) is 4.79 Å². The van der Waals surface area contributed by atoms with E-state index in [1.54, 1.807) is 12.1 Å². The van der Waals surface area contributed by atoms with Crippen LogP contribution >= 0.6 is 0 Å². The molecule has 4 nitrogen and oxygen atoms in total. The number of amides is 1. The van der Waals surface area contributed by atoms with Crippen molar-refractivity contribution in [1.29, 1.82) is 0 Å². The van der Waals surface area contributed by atoms with Gasteiger partial charge in [0, 0.05) is 12.0 Å². The van der Waals surface area contributed by atoms with E-state index in [9.17, 15) is 18.0 Å². The highest BCUT2D eigenvalue weighted by atomic mass is 19.4. The third-order valence-electron chi connectivity index (χ3n) is 7.40. The van der Waals surface area contributed by atoms with E-state index in [2.05, 4.69) is 29.0 Å². The molecule has 2 atom stereocenters. The summed E-state index contributed by atoms with van der Waals surface area (Å²) in [4.78, 5) is 15.0. The maximum atomic E-state index is 13.2.